The van der Waals surface area contributed by atoms with Crippen LogP contribution in [-0.2, 0) is 11.0 Å². The van der Waals surface area contributed by atoms with E-state index in [-0.39, 0.29) is 32.1 Å². The fraction of sp³-hybridized carbons (Fsp3) is 0.464. The number of nitrogens with zero attached hydrogens (tertiary/aromatic N) is 2. The summed E-state index contributed by atoms with van der Waals surface area (Å²) >= 11 is 0. The number of nitrogens with one attached hydrogen (secondary N) is 1. The maximum absolute atomic E-state index is 14.3. The molecular weight excluding hydrogens is 537 g/mol. The summed E-state index contributed by atoms with van der Waals surface area (Å²) in [6, 6.07) is 6.33. The Morgan fingerprint density at radius 2 is 1.62 bits per heavy atom. The van der Waals surface area contributed by atoms with E-state index in [2.05, 4.69) is 5.32 Å². The molecule has 2 aromatic carbocycles. The number of hydrogen-bond donors (Lipinski definition) is 2. The molecule has 1 unspecified atom stereocenters. The zero-order chi connectivity index (χ0) is 29.4. The van der Waals surface area contributed by atoms with Gasteiger partial charge in [0.05, 0.1) is 11.1 Å². The van der Waals surface area contributed by atoms with Crippen molar-refractivity contribution in [3.05, 3.63) is 70.8 Å². The van der Waals surface area contributed by atoms with Gasteiger partial charge in [0.25, 0.3) is 5.91 Å². The number of likely N-dealkylation sites (tertiary alicyclic amines) is 2. The van der Waals surface area contributed by atoms with Crippen molar-refractivity contribution in [2.24, 2.45) is 11.3 Å². The van der Waals surface area contributed by atoms with Gasteiger partial charge in [-0.25, -0.2) is 13.6 Å². The number of alkyl halides is 3. The van der Waals surface area contributed by atoms with Crippen molar-refractivity contribution in [3.8, 4) is 0 Å². The molecule has 3 amide bonds. The predicted molar refractivity (Wildman–Crippen MR) is 134 cm³/mol. The molecule has 0 bridgehead atoms. The molecule has 0 radical (unpaired) electrons. The van der Waals surface area contributed by atoms with Crippen molar-refractivity contribution in [1.82, 2.24) is 15.1 Å². The van der Waals surface area contributed by atoms with Gasteiger partial charge in [-0.05, 0) is 60.1 Å². The predicted octanol–water partition coefficient (Wildman–Crippen LogP) is 5.12. The summed E-state index contributed by atoms with van der Waals surface area (Å²) in [5.74, 6) is -3.80. The molecule has 1 spiro atoms. The first-order valence-corrected chi connectivity index (χ1v) is 12.9. The van der Waals surface area contributed by atoms with Gasteiger partial charge in [0.15, 0.2) is 0 Å². The van der Waals surface area contributed by atoms with Crippen molar-refractivity contribution in [1.29, 1.82) is 0 Å². The molecule has 0 saturated carbocycles. The van der Waals surface area contributed by atoms with Crippen LogP contribution in [0.4, 0.5) is 26.7 Å². The highest BCUT2D eigenvalue weighted by Gasteiger charge is 2.50. The summed E-state index contributed by atoms with van der Waals surface area (Å²) < 4.78 is 67.1. The van der Waals surface area contributed by atoms with E-state index in [1.165, 1.54) is 21.9 Å². The van der Waals surface area contributed by atoms with E-state index in [0.29, 0.717) is 31.0 Å². The number of rotatable bonds is 5. The molecule has 2 saturated heterocycles. The van der Waals surface area contributed by atoms with Crippen molar-refractivity contribution in [3.63, 3.8) is 0 Å². The lowest BCUT2D eigenvalue weighted by Crippen LogP contribution is -2.55. The highest BCUT2D eigenvalue weighted by Crippen LogP contribution is 2.50. The Hall–Kier alpha value is -3.70. The van der Waals surface area contributed by atoms with Crippen LogP contribution >= 0.6 is 0 Å². The van der Waals surface area contributed by atoms with E-state index >= 15 is 0 Å². The highest BCUT2D eigenvalue weighted by molar-refractivity contribution is 5.98. The van der Waals surface area contributed by atoms with Crippen LogP contribution in [0.25, 0.3) is 0 Å². The maximum atomic E-state index is 14.3. The van der Waals surface area contributed by atoms with Crippen molar-refractivity contribution in [2.45, 2.75) is 44.8 Å². The first-order chi connectivity index (χ1) is 18.7. The summed E-state index contributed by atoms with van der Waals surface area (Å²) in [5, 5.41) is 12.1. The number of amides is 3. The second-order valence-electron chi connectivity index (χ2n) is 10.8. The van der Waals surface area contributed by atoms with Crippen LogP contribution in [0.3, 0.4) is 0 Å². The standard InChI is InChI=1S/C28H30F5N3O4/c1-16(2)23(34-24(37)20-13-18(28(31,32)33)5-8-22(20)30)25(38)35-11-9-27(10-12-35)15-36(26(39)40)14-21(27)17-3-6-19(29)7-4-17/h3-8,13,16,21,23H,9-12,14-15H2,1-2H3,(H,34,37)(H,39,40)/t21?,23-/m1/s1. The van der Waals surface area contributed by atoms with Crippen LogP contribution in [0.2, 0.25) is 0 Å². The van der Waals surface area contributed by atoms with Gasteiger partial charge in [-0.2, -0.15) is 13.2 Å². The van der Waals surface area contributed by atoms with Crippen molar-refractivity contribution in [2.75, 3.05) is 26.2 Å². The van der Waals surface area contributed by atoms with E-state index in [9.17, 15) is 41.4 Å². The molecule has 216 valence electrons. The van der Waals surface area contributed by atoms with Gasteiger partial charge < -0.3 is 20.2 Å². The topological polar surface area (TPSA) is 90.0 Å². The molecule has 2 atom stereocenters. The molecule has 2 aliphatic rings. The summed E-state index contributed by atoms with van der Waals surface area (Å²) in [6.45, 7) is 4.31. The lowest BCUT2D eigenvalue weighted by molar-refractivity contribution is -0.138. The number of halogens is 5. The highest BCUT2D eigenvalue weighted by atomic mass is 19.4. The molecule has 7 nitrogen and oxygen atoms in total. The van der Waals surface area contributed by atoms with E-state index in [1.807, 2.05) is 0 Å². The quantitative estimate of drug-likeness (QED) is 0.491. The first-order valence-electron chi connectivity index (χ1n) is 12.9. The van der Waals surface area contributed by atoms with Crippen LogP contribution in [0, 0.1) is 23.0 Å². The molecule has 0 aliphatic carbocycles. The Balaban J connectivity index is 1.50. The number of carbonyl (C=O) groups is 3. The summed E-state index contributed by atoms with van der Waals surface area (Å²) in [6.07, 6.45) is -4.94. The van der Waals surface area contributed by atoms with Crippen LogP contribution in [0.15, 0.2) is 42.5 Å². The van der Waals surface area contributed by atoms with Gasteiger partial charge >= 0.3 is 12.3 Å². The lowest BCUT2D eigenvalue weighted by Gasteiger charge is -2.43. The van der Waals surface area contributed by atoms with Gasteiger partial charge in [0.2, 0.25) is 5.91 Å². The minimum atomic E-state index is -4.78. The summed E-state index contributed by atoms with van der Waals surface area (Å²) in [7, 11) is 0. The van der Waals surface area contributed by atoms with Gasteiger partial charge in [-0.3, -0.25) is 9.59 Å². The molecule has 2 aromatic rings. The minimum Gasteiger partial charge on any atom is -0.465 e. The molecule has 12 heteroatoms. The largest absolute Gasteiger partial charge is 0.465 e. The van der Waals surface area contributed by atoms with E-state index in [0.717, 1.165) is 5.56 Å². The third-order valence-electron chi connectivity index (χ3n) is 8.02. The molecular formula is C28H30F5N3O4. The normalized spacial score (nSPS) is 19.6. The maximum Gasteiger partial charge on any atom is 0.416 e. The summed E-state index contributed by atoms with van der Waals surface area (Å²) in [4.78, 5) is 40.9. The summed E-state index contributed by atoms with van der Waals surface area (Å²) in [5.41, 5.74) is -1.67. The second kappa shape index (κ2) is 11.1. The fourth-order valence-electron chi connectivity index (χ4n) is 5.75. The molecule has 2 N–H and O–H groups in total. The first kappa shape index (κ1) is 29.3. The van der Waals surface area contributed by atoms with Gasteiger partial charge in [-0.15, -0.1) is 0 Å². The molecule has 2 aliphatic heterocycles. The van der Waals surface area contributed by atoms with E-state index in [4.69, 9.17) is 0 Å². The van der Waals surface area contributed by atoms with Gasteiger partial charge in [0.1, 0.15) is 17.7 Å². The number of piperidine rings is 1. The Morgan fingerprint density at radius 1 is 1.00 bits per heavy atom. The average Bonchev–Trinajstić information content (AvgIpc) is 3.26. The fourth-order valence-corrected chi connectivity index (χ4v) is 5.75. The number of benzene rings is 2. The molecule has 0 aromatic heterocycles. The lowest BCUT2D eigenvalue weighted by atomic mass is 9.68. The smallest absolute Gasteiger partial charge is 0.416 e. The van der Waals surface area contributed by atoms with E-state index < -0.39 is 64.2 Å². The van der Waals surface area contributed by atoms with Crippen LogP contribution < -0.4 is 5.32 Å². The van der Waals surface area contributed by atoms with Crippen LogP contribution in [0.5, 0.6) is 0 Å². The molecule has 2 fully saturated rings. The SMILES string of the molecule is CC(C)[C@@H](NC(=O)c1cc(C(F)(F)F)ccc1F)C(=O)N1CCC2(CC1)CN(C(=O)O)CC2c1ccc(F)cc1. The number of hydrogen-bond acceptors (Lipinski definition) is 3. The second-order valence-corrected chi connectivity index (χ2v) is 10.8. The zero-order valence-corrected chi connectivity index (χ0v) is 22.0. The molecule has 40 heavy (non-hydrogen) atoms. The molecule has 2 heterocycles. The third-order valence-corrected chi connectivity index (χ3v) is 8.02. The van der Waals surface area contributed by atoms with Gasteiger partial charge in [-0.1, -0.05) is 26.0 Å². The number of carboxylic acid groups (broad SMARTS) is 1. The van der Waals surface area contributed by atoms with E-state index in [1.54, 1.807) is 26.0 Å². The van der Waals surface area contributed by atoms with Crippen LogP contribution in [-0.4, -0.2) is 65.0 Å². The average molecular weight is 568 g/mol. The van der Waals surface area contributed by atoms with Gasteiger partial charge in [0, 0.05) is 32.1 Å². The number of carbonyl (C=O) groups excluding carboxylic acids is 2. The Labute approximate surface area is 227 Å². The van der Waals surface area contributed by atoms with Crippen molar-refractivity contribution < 1.29 is 41.4 Å². The van der Waals surface area contributed by atoms with Crippen molar-refractivity contribution >= 4 is 17.9 Å². The molecule has 4 rings (SSSR count). The zero-order valence-electron chi connectivity index (χ0n) is 22.0. The Bertz CT molecular complexity index is 1270. The van der Waals surface area contributed by atoms with Crippen LogP contribution in [0.1, 0.15) is 54.1 Å². The third kappa shape index (κ3) is 5.90. The minimum absolute atomic E-state index is 0.203. The Kier molecular flexibility index (Phi) is 8.09. The Morgan fingerprint density at radius 3 is 2.17 bits per heavy atom. The monoisotopic (exact) mass is 567 g/mol.